The minimum Gasteiger partial charge on any atom is -0.395 e. The third-order valence-corrected chi connectivity index (χ3v) is 2.93. The highest BCUT2D eigenvalue weighted by molar-refractivity contribution is 7.80. The molecule has 3 N–H and O–H groups in total. The number of rotatable bonds is 3. The minimum absolute atomic E-state index is 0.128. The second-order valence-electron chi connectivity index (χ2n) is 4.09. The summed E-state index contributed by atoms with van der Waals surface area (Å²) in [6.45, 7) is 2.95. The lowest BCUT2D eigenvalue weighted by molar-refractivity contribution is 0.298. The second-order valence-corrected chi connectivity index (χ2v) is 4.50. The van der Waals surface area contributed by atoms with Crippen LogP contribution in [-0.2, 0) is 0 Å². The molecule has 0 aromatic heterocycles. The summed E-state index contributed by atoms with van der Waals surface area (Å²) >= 11 is 5.11. The van der Waals surface area contributed by atoms with E-state index in [1.165, 1.54) is 25.7 Å². The minimum atomic E-state index is 0.128. The van der Waals surface area contributed by atoms with Crippen molar-refractivity contribution in [1.29, 1.82) is 0 Å². The van der Waals surface area contributed by atoms with Gasteiger partial charge in [-0.3, -0.25) is 0 Å². The molecule has 2 atom stereocenters. The molecule has 1 saturated carbocycles. The van der Waals surface area contributed by atoms with Gasteiger partial charge in [-0.1, -0.05) is 19.8 Å². The Morgan fingerprint density at radius 1 is 1.50 bits per heavy atom. The maximum atomic E-state index is 8.61. The molecule has 0 spiro atoms. The standard InChI is InChI=1S/C10H20N2OS/c1-8-3-2-4-9(7-8)12-10(14)11-5-6-13/h8-9,13H,2-7H2,1H3,(H2,11,12,14)/t8-,9-/m1/s1. The quantitative estimate of drug-likeness (QED) is 0.616. The molecule has 14 heavy (non-hydrogen) atoms. The fourth-order valence-corrected chi connectivity index (χ4v) is 2.24. The maximum Gasteiger partial charge on any atom is 0.166 e. The average Bonchev–Trinajstić information content (AvgIpc) is 2.15. The van der Waals surface area contributed by atoms with Crippen LogP contribution in [-0.4, -0.2) is 29.4 Å². The van der Waals surface area contributed by atoms with E-state index < -0.39 is 0 Å². The van der Waals surface area contributed by atoms with Crippen molar-refractivity contribution in [1.82, 2.24) is 10.6 Å². The molecule has 0 aromatic rings. The smallest absolute Gasteiger partial charge is 0.166 e. The van der Waals surface area contributed by atoms with Crippen molar-refractivity contribution in [2.24, 2.45) is 5.92 Å². The Morgan fingerprint density at radius 3 is 2.93 bits per heavy atom. The van der Waals surface area contributed by atoms with Gasteiger partial charge < -0.3 is 15.7 Å². The number of hydrogen-bond acceptors (Lipinski definition) is 2. The molecular weight excluding hydrogens is 196 g/mol. The molecule has 0 amide bonds. The van der Waals surface area contributed by atoms with E-state index >= 15 is 0 Å². The van der Waals surface area contributed by atoms with Gasteiger partial charge in [0.2, 0.25) is 0 Å². The zero-order chi connectivity index (χ0) is 10.4. The molecule has 1 fully saturated rings. The SMILES string of the molecule is C[C@@H]1CCC[C@@H](NC(=S)NCCO)C1. The zero-order valence-electron chi connectivity index (χ0n) is 8.75. The Morgan fingerprint density at radius 2 is 2.29 bits per heavy atom. The van der Waals surface area contributed by atoms with Crippen molar-refractivity contribution < 1.29 is 5.11 Å². The molecule has 0 radical (unpaired) electrons. The lowest BCUT2D eigenvalue weighted by Gasteiger charge is -2.28. The Balaban J connectivity index is 2.18. The van der Waals surface area contributed by atoms with E-state index in [0.29, 0.717) is 17.7 Å². The van der Waals surface area contributed by atoms with Gasteiger partial charge in [0, 0.05) is 12.6 Å². The van der Waals surface area contributed by atoms with E-state index in [1.54, 1.807) is 0 Å². The van der Waals surface area contributed by atoms with Crippen molar-refractivity contribution in [3.8, 4) is 0 Å². The van der Waals surface area contributed by atoms with Crippen molar-refractivity contribution in [3.63, 3.8) is 0 Å². The largest absolute Gasteiger partial charge is 0.395 e. The molecule has 1 rings (SSSR count). The highest BCUT2D eigenvalue weighted by atomic mass is 32.1. The number of aliphatic hydroxyl groups is 1. The van der Waals surface area contributed by atoms with Crippen LogP contribution in [0.25, 0.3) is 0 Å². The van der Waals surface area contributed by atoms with Gasteiger partial charge in [-0.05, 0) is 31.0 Å². The van der Waals surface area contributed by atoms with E-state index in [1.807, 2.05) is 0 Å². The molecule has 0 unspecified atom stereocenters. The molecule has 1 aliphatic rings. The molecule has 1 aliphatic carbocycles. The van der Waals surface area contributed by atoms with E-state index in [-0.39, 0.29) is 6.61 Å². The first-order valence-corrected chi connectivity index (χ1v) is 5.78. The molecule has 3 nitrogen and oxygen atoms in total. The second kappa shape index (κ2) is 6.19. The van der Waals surface area contributed by atoms with E-state index in [4.69, 9.17) is 17.3 Å². The highest BCUT2D eigenvalue weighted by Crippen LogP contribution is 2.23. The summed E-state index contributed by atoms with van der Waals surface area (Å²) in [4.78, 5) is 0. The van der Waals surface area contributed by atoms with Gasteiger partial charge >= 0.3 is 0 Å². The molecular formula is C10H20N2OS. The van der Waals surface area contributed by atoms with Crippen molar-refractivity contribution in [2.75, 3.05) is 13.2 Å². The van der Waals surface area contributed by atoms with Crippen molar-refractivity contribution in [2.45, 2.75) is 38.6 Å². The van der Waals surface area contributed by atoms with Gasteiger partial charge in [-0.2, -0.15) is 0 Å². The predicted octanol–water partition coefficient (Wildman–Crippen LogP) is 1.02. The number of aliphatic hydroxyl groups excluding tert-OH is 1. The van der Waals surface area contributed by atoms with E-state index in [9.17, 15) is 0 Å². The van der Waals surface area contributed by atoms with Crippen LogP contribution in [0.4, 0.5) is 0 Å². The van der Waals surface area contributed by atoms with Gasteiger partial charge in [-0.15, -0.1) is 0 Å². The van der Waals surface area contributed by atoms with Crippen LogP contribution in [0.15, 0.2) is 0 Å². The molecule has 0 saturated heterocycles. The fourth-order valence-electron chi connectivity index (χ4n) is 1.97. The van der Waals surface area contributed by atoms with Crippen LogP contribution >= 0.6 is 12.2 Å². The van der Waals surface area contributed by atoms with Crippen LogP contribution in [0, 0.1) is 5.92 Å². The van der Waals surface area contributed by atoms with Crippen LogP contribution in [0.2, 0.25) is 0 Å². The van der Waals surface area contributed by atoms with Crippen molar-refractivity contribution in [3.05, 3.63) is 0 Å². The number of nitrogens with one attached hydrogen (secondary N) is 2. The molecule has 0 heterocycles. The summed E-state index contributed by atoms with van der Waals surface area (Å²) in [5.74, 6) is 0.807. The Hall–Kier alpha value is -0.350. The summed E-state index contributed by atoms with van der Waals surface area (Å²) in [5.41, 5.74) is 0. The third-order valence-electron chi connectivity index (χ3n) is 2.67. The number of thiocarbonyl (C=S) groups is 1. The maximum absolute atomic E-state index is 8.61. The molecule has 0 bridgehead atoms. The van der Waals surface area contributed by atoms with Crippen molar-refractivity contribution >= 4 is 17.3 Å². The van der Waals surface area contributed by atoms with Gasteiger partial charge in [-0.25, -0.2) is 0 Å². The normalized spacial score (nSPS) is 27.0. The third kappa shape index (κ3) is 4.24. The van der Waals surface area contributed by atoms with Gasteiger partial charge in [0.15, 0.2) is 5.11 Å². The lowest BCUT2D eigenvalue weighted by Crippen LogP contribution is -2.44. The first-order chi connectivity index (χ1) is 6.72. The van der Waals surface area contributed by atoms with E-state index in [0.717, 1.165) is 5.92 Å². The Bertz CT molecular complexity index is 187. The summed E-state index contributed by atoms with van der Waals surface area (Å²) in [5, 5.41) is 15.6. The monoisotopic (exact) mass is 216 g/mol. The van der Waals surface area contributed by atoms with Crippen LogP contribution in [0.5, 0.6) is 0 Å². The summed E-state index contributed by atoms with van der Waals surface area (Å²) in [6.07, 6.45) is 5.06. The average molecular weight is 216 g/mol. The summed E-state index contributed by atoms with van der Waals surface area (Å²) in [6, 6.07) is 0.525. The zero-order valence-corrected chi connectivity index (χ0v) is 9.57. The van der Waals surface area contributed by atoms with Crippen LogP contribution < -0.4 is 10.6 Å². The van der Waals surface area contributed by atoms with Gasteiger partial charge in [0.05, 0.1) is 6.61 Å². The van der Waals surface area contributed by atoms with Gasteiger partial charge in [0.1, 0.15) is 0 Å². The first kappa shape index (κ1) is 11.7. The highest BCUT2D eigenvalue weighted by Gasteiger charge is 2.18. The first-order valence-electron chi connectivity index (χ1n) is 5.37. The predicted molar refractivity (Wildman–Crippen MR) is 62.2 cm³/mol. The Kier molecular flexibility index (Phi) is 5.19. The summed E-state index contributed by atoms with van der Waals surface area (Å²) < 4.78 is 0. The van der Waals surface area contributed by atoms with Crippen LogP contribution in [0.1, 0.15) is 32.6 Å². The molecule has 4 heteroatoms. The summed E-state index contributed by atoms with van der Waals surface area (Å²) in [7, 11) is 0. The Labute approximate surface area is 91.3 Å². The fraction of sp³-hybridized carbons (Fsp3) is 0.900. The number of hydrogen-bond donors (Lipinski definition) is 3. The lowest BCUT2D eigenvalue weighted by atomic mass is 9.87. The molecule has 0 aromatic carbocycles. The van der Waals surface area contributed by atoms with E-state index in [2.05, 4.69) is 17.6 Å². The molecule has 82 valence electrons. The van der Waals surface area contributed by atoms with Crippen LogP contribution in [0.3, 0.4) is 0 Å². The topological polar surface area (TPSA) is 44.3 Å². The molecule has 0 aliphatic heterocycles. The van der Waals surface area contributed by atoms with Gasteiger partial charge in [0.25, 0.3) is 0 Å².